The van der Waals surface area contributed by atoms with E-state index in [1.165, 1.54) is 30.6 Å². The minimum atomic E-state index is -0.0348. The number of aryl methyl sites for hydroxylation is 2. The van der Waals surface area contributed by atoms with E-state index in [1.807, 2.05) is 24.8 Å². The lowest BCUT2D eigenvalue weighted by atomic mass is 10.1. The monoisotopic (exact) mass is 387 g/mol. The van der Waals surface area contributed by atoms with Crippen LogP contribution >= 0.6 is 11.3 Å². The van der Waals surface area contributed by atoms with Crippen molar-refractivity contribution in [3.63, 3.8) is 0 Å². The molecule has 8 heteroatoms. The summed E-state index contributed by atoms with van der Waals surface area (Å²) < 4.78 is 6.07. The Morgan fingerprint density at radius 2 is 2.00 bits per heavy atom. The molecule has 0 radical (unpaired) electrons. The Morgan fingerprint density at radius 3 is 2.74 bits per heavy atom. The molecule has 2 aromatic rings. The van der Waals surface area contributed by atoms with Gasteiger partial charge in [0.2, 0.25) is 5.88 Å². The molecular weight excluding hydrogens is 362 g/mol. The minimum Gasteiger partial charge on any atom is -0.472 e. The van der Waals surface area contributed by atoms with E-state index >= 15 is 0 Å². The van der Waals surface area contributed by atoms with Gasteiger partial charge in [-0.25, -0.2) is 15.0 Å². The first-order valence-electron chi connectivity index (χ1n) is 9.57. The summed E-state index contributed by atoms with van der Waals surface area (Å²) >= 11 is 1.46. The molecular formula is C19H25N5O2S. The second-order valence-electron chi connectivity index (χ2n) is 7.19. The first-order chi connectivity index (χ1) is 13.1. The van der Waals surface area contributed by atoms with Gasteiger partial charge in [0, 0.05) is 32.1 Å². The molecule has 7 nitrogen and oxygen atoms in total. The molecule has 27 heavy (non-hydrogen) atoms. The number of nitrogens with zero attached hydrogens (tertiary/aromatic N) is 5. The second-order valence-corrected chi connectivity index (χ2v) is 8.39. The molecule has 4 heterocycles. The highest BCUT2D eigenvalue weighted by Gasteiger charge is 2.30. The van der Waals surface area contributed by atoms with Crippen LogP contribution in [0, 0.1) is 13.8 Å². The highest BCUT2D eigenvalue weighted by Crippen LogP contribution is 2.25. The molecule has 1 unspecified atom stereocenters. The second kappa shape index (κ2) is 7.80. The lowest BCUT2D eigenvalue weighted by molar-refractivity contribution is 0.0775. The third-order valence-corrected chi connectivity index (χ3v) is 6.19. The van der Waals surface area contributed by atoms with E-state index in [-0.39, 0.29) is 12.0 Å². The zero-order valence-electron chi connectivity index (χ0n) is 15.8. The van der Waals surface area contributed by atoms with Crippen molar-refractivity contribution in [3.05, 3.63) is 28.0 Å². The fourth-order valence-corrected chi connectivity index (χ4v) is 4.63. The Bertz CT molecular complexity index is 818. The first-order valence-corrected chi connectivity index (χ1v) is 10.4. The number of amides is 1. The lowest BCUT2D eigenvalue weighted by Gasteiger charge is -2.27. The molecule has 144 valence electrons. The van der Waals surface area contributed by atoms with Crippen LogP contribution in [0.15, 0.2) is 12.4 Å². The van der Waals surface area contributed by atoms with Gasteiger partial charge in [0.15, 0.2) is 0 Å². The number of hydrogen-bond donors (Lipinski definition) is 0. The Kier molecular flexibility index (Phi) is 5.24. The maximum Gasteiger partial charge on any atom is 0.265 e. The fraction of sp³-hybridized carbons (Fsp3) is 0.579. The summed E-state index contributed by atoms with van der Waals surface area (Å²) in [6, 6.07) is 1.92. The van der Waals surface area contributed by atoms with Crippen molar-refractivity contribution in [2.75, 3.05) is 31.1 Å². The molecule has 2 saturated heterocycles. The Labute approximate surface area is 163 Å². The number of carbonyl (C=O) groups excluding carboxylic acids is 1. The molecule has 0 aliphatic carbocycles. The minimum absolute atomic E-state index is 0.0348. The summed E-state index contributed by atoms with van der Waals surface area (Å²) in [5.74, 6) is 1.58. The van der Waals surface area contributed by atoms with Gasteiger partial charge in [-0.15, -0.1) is 11.3 Å². The number of piperidine rings is 1. The third-order valence-electron chi connectivity index (χ3n) is 5.13. The van der Waals surface area contributed by atoms with Gasteiger partial charge in [0.05, 0.1) is 17.2 Å². The lowest BCUT2D eigenvalue weighted by Crippen LogP contribution is -2.31. The van der Waals surface area contributed by atoms with Crippen molar-refractivity contribution in [3.8, 4) is 5.88 Å². The van der Waals surface area contributed by atoms with E-state index in [2.05, 4.69) is 19.9 Å². The summed E-state index contributed by atoms with van der Waals surface area (Å²) in [5, 5.41) is 0.925. The normalized spacial score (nSPS) is 20.1. The van der Waals surface area contributed by atoms with Crippen molar-refractivity contribution in [2.24, 2.45) is 0 Å². The maximum atomic E-state index is 12.7. The molecule has 0 bridgehead atoms. The molecule has 2 aromatic heterocycles. The Balaban J connectivity index is 1.38. The molecule has 1 amide bonds. The molecule has 2 aliphatic rings. The quantitative estimate of drug-likeness (QED) is 0.803. The van der Waals surface area contributed by atoms with Crippen LogP contribution in [0.5, 0.6) is 5.88 Å². The number of aromatic nitrogens is 3. The number of rotatable bonds is 4. The van der Waals surface area contributed by atoms with Crippen LogP contribution in [0.2, 0.25) is 0 Å². The van der Waals surface area contributed by atoms with Crippen LogP contribution in [-0.2, 0) is 0 Å². The average molecular weight is 388 g/mol. The van der Waals surface area contributed by atoms with Gasteiger partial charge in [-0.3, -0.25) is 4.79 Å². The van der Waals surface area contributed by atoms with Crippen molar-refractivity contribution in [2.45, 2.75) is 45.6 Å². The standard InChI is InChI=1S/C19H25N5O2S/c1-13-18(27-14(2)22-13)19(25)24-9-6-15(11-24)26-17-10-16(20-12-21-17)23-7-4-3-5-8-23/h10,12,15H,3-9,11H2,1-2H3. The number of ether oxygens (including phenoxy) is 1. The summed E-state index contributed by atoms with van der Waals surface area (Å²) in [6.45, 7) is 7.18. The SMILES string of the molecule is Cc1nc(C)c(C(=O)N2CCC(Oc3cc(N4CCCCC4)ncn3)C2)s1. The predicted molar refractivity (Wildman–Crippen MR) is 105 cm³/mol. The van der Waals surface area contributed by atoms with Crippen molar-refractivity contribution in [1.29, 1.82) is 0 Å². The molecule has 0 saturated carbocycles. The topological polar surface area (TPSA) is 71.5 Å². The Hall–Kier alpha value is -2.22. The number of hydrogen-bond acceptors (Lipinski definition) is 7. The maximum absolute atomic E-state index is 12.7. The molecule has 2 aliphatic heterocycles. The molecule has 0 aromatic carbocycles. The van der Waals surface area contributed by atoms with E-state index in [1.54, 1.807) is 6.33 Å². The molecule has 4 rings (SSSR count). The number of anilines is 1. The van der Waals surface area contributed by atoms with E-state index in [0.29, 0.717) is 19.0 Å². The highest BCUT2D eigenvalue weighted by atomic mass is 32.1. The van der Waals surface area contributed by atoms with Crippen molar-refractivity contribution in [1.82, 2.24) is 19.9 Å². The summed E-state index contributed by atoms with van der Waals surface area (Å²) in [7, 11) is 0. The summed E-state index contributed by atoms with van der Waals surface area (Å²) in [4.78, 5) is 30.7. The molecule has 0 spiro atoms. The van der Waals surface area contributed by atoms with Gasteiger partial charge in [0.1, 0.15) is 23.1 Å². The van der Waals surface area contributed by atoms with Gasteiger partial charge in [-0.05, 0) is 33.1 Å². The van der Waals surface area contributed by atoms with Crippen molar-refractivity contribution < 1.29 is 9.53 Å². The smallest absolute Gasteiger partial charge is 0.265 e. The first kappa shape index (κ1) is 18.2. The molecule has 1 atom stereocenters. The van der Waals surface area contributed by atoms with E-state index in [9.17, 15) is 4.79 Å². The zero-order chi connectivity index (χ0) is 18.8. The number of thiazole rings is 1. The van der Waals surface area contributed by atoms with Crippen LogP contribution in [0.3, 0.4) is 0 Å². The van der Waals surface area contributed by atoms with Gasteiger partial charge in [0.25, 0.3) is 5.91 Å². The van der Waals surface area contributed by atoms with E-state index < -0.39 is 0 Å². The van der Waals surface area contributed by atoms with E-state index in [4.69, 9.17) is 4.74 Å². The highest BCUT2D eigenvalue weighted by molar-refractivity contribution is 7.13. The molecule has 0 N–H and O–H groups in total. The molecule has 2 fully saturated rings. The third kappa shape index (κ3) is 4.05. The number of carbonyl (C=O) groups is 1. The van der Waals surface area contributed by atoms with Crippen LogP contribution in [0.25, 0.3) is 0 Å². The number of likely N-dealkylation sites (tertiary alicyclic amines) is 1. The summed E-state index contributed by atoms with van der Waals surface area (Å²) in [5.41, 5.74) is 0.814. The van der Waals surface area contributed by atoms with Crippen LogP contribution in [-0.4, -0.2) is 58.0 Å². The van der Waals surface area contributed by atoms with Crippen LogP contribution < -0.4 is 9.64 Å². The zero-order valence-corrected chi connectivity index (χ0v) is 16.7. The van der Waals surface area contributed by atoms with E-state index in [0.717, 1.165) is 40.9 Å². The average Bonchev–Trinajstić information content (AvgIpc) is 3.28. The predicted octanol–water partition coefficient (Wildman–Crippen LogP) is 2.83. The fourth-order valence-electron chi connectivity index (χ4n) is 3.74. The van der Waals surface area contributed by atoms with Gasteiger partial charge in [-0.1, -0.05) is 0 Å². The van der Waals surface area contributed by atoms with Crippen LogP contribution in [0.4, 0.5) is 5.82 Å². The van der Waals surface area contributed by atoms with Gasteiger partial charge in [-0.2, -0.15) is 0 Å². The van der Waals surface area contributed by atoms with Crippen LogP contribution in [0.1, 0.15) is 46.1 Å². The Morgan fingerprint density at radius 1 is 1.19 bits per heavy atom. The van der Waals surface area contributed by atoms with Crippen molar-refractivity contribution >= 4 is 23.1 Å². The largest absolute Gasteiger partial charge is 0.472 e. The summed E-state index contributed by atoms with van der Waals surface area (Å²) in [6.07, 6.45) is 6.04. The van der Waals surface area contributed by atoms with Gasteiger partial charge >= 0.3 is 0 Å². The van der Waals surface area contributed by atoms with Gasteiger partial charge < -0.3 is 14.5 Å².